The van der Waals surface area contributed by atoms with Crippen molar-refractivity contribution in [2.24, 2.45) is 0 Å². The Morgan fingerprint density at radius 1 is 1.00 bits per heavy atom. The van der Waals surface area contributed by atoms with Crippen LogP contribution in [0.2, 0.25) is 0 Å². The molecule has 166 valence electrons. The second kappa shape index (κ2) is 9.24. The number of nitrogens with one attached hydrogen (secondary N) is 1. The van der Waals surface area contributed by atoms with E-state index in [1.807, 2.05) is 29.6 Å². The van der Waals surface area contributed by atoms with Crippen molar-refractivity contribution in [2.75, 3.05) is 26.2 Å². The number of hydrogen-bond acceptors (Lipinski definition) is 6. The van der Waals surface area contributed by atoms with Gasteiger partial charge in [0.25, 0.3) is 5.56 Å². The maximum atomic E-state index is 13.3. The first-order valence-electron chi connectivity index (χ1n) is 10.8. The standard InChI is InChI=1S/C25H22FN5OS/c26-20-7-5-19(6-8-20)21-16-33-25-23(21)24(32)28-22(29-25)15-31-11-9-30(10-12-31)14-18-3-1-17(13-27)2-4-18/h1-8,16H,9-12,14-15H2,(H,28,29,32). The van der Waals surface area contributed by atoms with E-state index in [0.29, 0.717) is 28.1 Å². The summed E-state index contributed by atoms with van der Waals surface area (Å²) in [6.45, 7) is 5.11. The van der Waals surface area contributed by atoms with Crippen molar-refractivity contribution in [2.45, 2.75) is 13.1 Å². The van der Waals surface area contributed by atoms with Gasteiger partial charge in [-0.15, -0.1) is 11.3 Å². The van der Waals surface area contributed by atoms with E-state index in [0.717, 1.165) is 43.9 Å². The lowest BCUT2D eigenvalue weighted by Crippen LogP contribution is -2.45. The first-order valence-corrected chi connectivity index (χ1v) is 11.7. The molecular formula is C25H22FN5OS. The number of nitrogens with zero attached hydrogens (tertiary/aromatic N) is 4. The van der Waals surface area contributed by atoms with Gasteiger partial charge in [0, 0.05) is 43.7 Å². The highest BCUT2D eigenvalue weighted by atomic mass is 32.1. The molecule has 0 bridgehead atoms. The van der Waals surface area contributed by atoms with Gasteiger partial charge in [-0.2, -0.15) is 5.26 Å². The number of benzene rings is 2. The number of halogens is 1. The zero-order chi connectivity index (χ0) is 22.8. The number of piperazine rings is 1. The molecule has 1 aliphatic rings. The fourth-order valence-electron chi connectivity index (χ4n) is 4.17. The molecule has 2 aromatic heterocycles. The summed E-state index contributed by atoms with van der Waals surface area (Å²) in [7, 11) is 0. The van der Waals surface area contributed by atoms with Crippen LogP contribution in [-0.2, 0) is 13.1 Å². The number of aromatic amines is 1. The minimum absolute atomic E-state index is 0.157. The molecule has 0 unspecified atom stereocenters. The summed E-state index contributed by atoms with van der Waals surface area (Å²) in [4.78, 5) is 25.9. The molecule has 0 atom stereocenters. The third-order valence-electron chi connectivity index (χ3n) is 5.98. The van der Waals surface area contributed by atoms with Crippen molar-refractivity contribution in [3.05, 3.63) is 87.0 Å². The van der Waals surface area contributed by atoms with Gasteiger partial charge < -0.3 is 4.98 Å². The Morgan fingerprint density at radius 3 is 2.33 bits per heavy atom. The van der Waals surface area contributed by atoms with Gasteiger partial charge in [0.15, 0.2) is 0 Å². The lowest BCUT2D eigenvalue weighted by atomic mass is 10.1. The molecule has 1 aliphatic heterocycles. The summed E-state index contributed by atoms with van der Waals surface area (Å²) in [5, 5.41) is 11.4. The molecule has 1 fully saturated rings. The Labute approximate surface area is 194 Å². The molecule has 5 rings (SSSR count). The van der Waals surface area contributed by atoms with Crippen molar-refractivity contribution in [3.63, 3.8) is 0 Å². The smallest absolute Gasteiger partial charge is 0.260 e. The summed E-state index contributed by atoms with van der Waals surface area (Å²) < 4.78 is 13.3. The third-order valence-corrected chi connectivity index (χ3v) is 6.85. The maximum absolute atomic E-state index is 13.3. The number of nitriles is 1. The molecule has 0 saturated carbocycles. The molecule has 0 aliphatic carbocycles. The second-order valence-corrected chi connectivity index (χ2v) is 9.07. The molecule has 1 saturated heterocycles. The van der Waals surface area contributed by atoms with Gasteiger partial charge in [-0.05, 0) is 35.4 Å². The first kappa shape index (κ1) is 21.5. The molecule has 0 amide bonds. The third kappa shape index (κ3) is 4.71. The van der Waals surface area contributed by atoms with Crippen molar-refractivity contribution < 1.29 is 4.39 Å². The van der Waals surface area contributed by atoms with E-state index >= 15 is 0 Å². The second-order valence-electron chi connectivity index (χ2n) is 8.21. The topological polar surface area (TPSA) is 76.0 Å². The first-order chi connectivity index (χ1) is 16.1. The maximum Gasteiger partial charge on any atom is 0.260 e. The molecular weight excluding hydrogens is 437 g/mol. The number of hydrogen-bond donors (Lipinski definition) is 1. The number of thiophene rings is 1. The van der Waals surface area contributed by atoms with Crippen LogP contribution >= 0.6 is 11.3 Å². The minimum Gasteiger partial charge on any atom is -0.309 e. The molecule has 1 N–H and O–H groups in total. The summed E-state index contributed by atoms with van der Waals surface area (Å²) in [6.07, 6.45) is 0. The van der Waals surface area contributed by atoms with E-state index < -0.39 is 0 Å². The largest absolute Gasteiger partial charge is 0.309 e. The fourth-order valence-corrected chi connectivity index (χ4v) is 5.14. The normalized spacial score (nSPS) is 15.0. The highest BCUT2D eigenvalue weighted by Crippen LogP contribution is 2.30. The number of fused-ring (bicyclic) bond motifs is 1. The van der Waals surface area contributed by atoms with Crippen molar-refractivity contribution in [3.8, 4) is 17.2 Å². The van der Waals surface area contributed by atoms with Gasteiger partial charge in [0.2, 0.25) is 0 Å². The highest BCUT2D eigenvalue weighted by Gasteiger charge is 2.19. The monoisotopic (exact) mass is 459 g/mol. The molecule has 0 spiro atoms. The van der Waals surface area contributed by atoms with Crippen LogP contribution in [0.3, 0.4) is 0 Å². The number of aromatic nitrogens is 2. The van der Waals surface area contributed by atoms with Gasteiger partial charge >= 0.3 is 0 Å². The van der Waals surface area contributed by atoms with E-state index in [1.165, 1.54) is 29.0 Å². The van der Waals surface area contributed by atoms with Crippen LogP contribution in [0.25, 0.3) is 21.3 Å². The Kier molecular flexibility index (Phi) is 6.01. The quantitative estimate of drug-likeness (QED) is 0.489. The predicted molar refractivity (Wildman–Crippen MR) is 127 cm³/mol. The summed E-state index contributed by atoms with van der Waals surface area (Å²) >= 11 is 1.44. The lowest BCUT2D eigenvalue weighted by Gasteiger charge is -2.34. The van der Waals surface area contributed by atoms with Crippen LogP contribution in [0.15, 0.2) is 58.7 Å². The van der Waals surface area contributed by atoms with E-state index in [2.05, 4.69) is 20.9 Å². The van der Waals surface area contributed by atoms with E-state index in [-0.39, 0.29) is 11.4 Å². The molecule has 6 nitrogen and oxygen atoms in total. The van der Waals surface area contributed by atoms with E-state index in [4.69, 9.17) is 10.2 Å². The average Bonchev–Trinajstić information content (AvgIpc) is 3.26. The van der Waals surface area contributed by atoms with Crippen molar-refractivity contribution in [1.82, 2.24) is 19.8 Å². The van der Waals surface area contributed by atoms with Gasteiger partial charge in [-0.3, -0.25) is 14.6 Å². The predicted octanol–water partition coefficient (Wildman–Crippen LogP) is 3.98. The SMILES string of the molecule is N#Cc1ccc(CN2CCN(Cc3nc4scc(-c5ccc(F)cc5)c4c(=O)[nH]3)CC2)cc1. The van der Waals surface area contributed by atoms with Gasteiger partial charge in [0.05, 0.1) is 23.6 Å². The van der Waals surface area contributed by atoms with Crippen LogP contribution in [0.1, 0.15) is 17.0 Å². The number of H-pyrrole nitrogens is 1. The number of rotatable bonds is 5. The summed E-state index contributed by atoms with van der Waals surface area (Å²) in [6, 6.07) is 16.0. The van der Waals surface area contributed by atoms with Gasteiger partial charge in [-0.1, -0.05) is 24.3 Å². The molecule has 3 heterocycles. The van der Waals surface area contributed by atoms with Gasteiger partial charge in [0.1, 0.15) is 16.5 Å². The molecule has 0 radical (unpaired) electrons. The van der Waals surface area contributed by atoms with Crippen LogP contribution in [0, 0.1) is 17.1 Å². The summed E-state index contributed by atoms with van der Waals surface area (Å²) in [5.74, 6) is 0.366. The van der Waals surface area contributed by atoms with Crippen LogP contribution in [0.4, 0.5) is 4.39 Å². The average molecular weight is 460 g/mol. The van der Waals surface area contributed by atoms with Crippen molar-refractivity contribution in [1.29, 1.82) is 5.26 Å². The molecule has 33 heavy (non-hydrogen) atoms. The van der Waals surface area contributed by atoms with Crippen LogP contribution in [0.5, 0.6) is 0 Å². The van der Waals surface area contributed by atoms with Crippen LogP contribution < -0.4 is 5.56 Å². The Morgan fingerprint density at radius 2 is 1.67 bits per heavy atom. The van der Waals surface area contributed by atoms with Gasteiger partial charge in [-0.25, -0.2) is 9.37 Å². The fraction of sp³-hybridized carbons (Fsp3) is 0.240. The Bertz CT molecular complexity index is 1360. The lowest BCUT2D eigenvalue weighted by molar-refractivity contribution is 0.120. The van der Waals surface area contributed by atoms with Crippen molar-refractivity contribution >= 4 is 21.6 Å². The summed E-state index contributed by atoms with van der Waals surface area (Å²) in [5.41, 5.74) is 3.31. The Hall–Kier alpha value is -3.38. The van der Waals surface area contributed by atoms with E-state index in [9.17, 15) is 9.18 Å². The van der Waals surface area contributed by atoms with E-state index in [1.54, 1.807) is 12.1 Å². The molecule has 8 heteroatoms. The zero-order valence-corrected chi connectivity index (χ0v) is 18.7. The zero-order valence-electron chi connectivity index (χ0n) is 17.9. The highest BCUT2D eigenvalue weighted by molar-refractivity contribution is 7.17. The molecule has 2 aromatic carbocycles. The Balaban J connectivity index is 1.24. The molecule has 4 aromatic rings. The minimum atomic E-state index is -0.301. The van der Waals surface area contributed by atoms with Crippen LogP contribution in [-0.4, -0.2) is 45.9 Å².